The van der Waals surface area contributed by atoms with Gasteiger partial charge in [0.2, 0.25) is 11.8 Å². The first-order valence-electron chi connectivity index (χ1n) is 12.5. The molecule has 0 saturated heterocycles. The van der Waals surface area contributed by atoms with Gasteiger partial charge >= 0.3 is 0 Å². The predicted molar refractivity (Wildman–Crippen MR) is 145 cm³/mol. The molecule has 1 N–H and O–H groups in total. The molecule has 3 rings (SSSR count). The van der Waals surface area contributed by atoms with Gasteiger partial charge in [0.05, 0.1) is 6.61 Å². The molecule has 0 aliphatic heterocycles. The average molecular weight is 507 g/mol. The summed E-state index contributed by atoms with van der Waals surface area (Å²) < 4.78 is 5.77. The summed E-state index contributed by atoms with van der Waals surface area (Å²) in [6.45, 7) is 4.75. The van der Waals surface area contributed by atoms with Crippen LogP contribution in [-0.2, 0) is 22.6 Å². The molecule has 0 aliphatic rings. The van der Waals surface area contributed by atoms with Gasteiger partial charge in [-0.15, -0.1) is 0 Å². The zero-order chi connectivity index (χ0) is 25.8. The molecule has 0 heterocycles. The Hall–Kier alpha value is -3.31. The van der Waals surface area contributed by atoms with Crippen LogP contribution in [0.2, 0.25) is 5.02 Å². The summed E-state index contributed by atoms with van der Waals surface area (Å²) in [6, 6.07) is 26.1. The number of nitrogens with one attached hydrogen (secondary N) is 1. The quantitative estimate of drug-likeness (QED) is 0.287. The van der Waals surface area contributed by atoms with Crippen molar-refractivity contribution in [3.05, 3.63) is 101 Å². The van der Waals surface area contributed by atoms with Crippen molar-refractivity contribution in [2.75, 3.05) is 6.61 Å². The predicted octanol–water partition coefficient (Wildman–Crippen LogP) is 6.05. The Kier molecular flexibility index (Phi) is 10.8. The number of para-hydroxylation sites is 1. The molecule has 0 fully saturated rings. The van der Waals surface area contributed by atoms with E-state index in [1.165, 1.54) is 0 Å². The van der Waals surface area contributed by atoms with E-state index in [1.807, 2.05) is 86.6 Å². The Morgan fingerprint density at radius 3 is 2.19 bits per heavy atom. The third-order valence-corrected chi connectivity index (χ3v) is 6.34. The number of halogens is 1. The molecule has 0 bridgehead atoms. The number of nitrogens with zero attached hydrogens (tertiary/aromatic N) is 1. The summed E-state index contributed by atoms with van der Waals surface area (Å²) in [4.78, 5) is 28.8. The molecule has 190 valence electrons. The lowest BCUT2D eigenvalue weighted by molar-refractivity contribution is -0.141. The topological polar surface area (TPSA) is 58.6 Å². The van der Waals surface area contributed by atoms with Crippen molar-refractivity contribution in [1.82, 2.24) is 10.2 Å². The van der Waals surface area contributed by atoms with Gasteiger partial charge in [0.25, 0.3) is 0 Å². The molecule has 3 aromatic rings. The fraction of sp³-hybridized carbons (Fsp3) is 0.333. The monoisotopic (exact) mass is 506 g/mol. The second kappa shape index (κ2) is 14.3. The van der Waals surface area contributed by atoms with Gasteiger partial charge in [0.1, 0.15) is 11.8 Å². The first-order chi connectivity index (χ1) is 17.5. The highest BCUT2D eigenvalue weighted by atomic mass is 35.5. The molecule has 0 aliphatic carbocycles. The molecule has 6 heteroatoms. The fourth-order valence-electron chi connectivity index (χ4n) is 3.86. The largest absolute Gasteiger partial charge is 0.494 e. The minimum Gasteiger partial charge on any atom is -0.494 e. The molecule has 0 radical (unpaired) electrons. The highest BCUT2D eigenvalue weighted by molar-refractivity contribution is 6.30. The van der Waals surface area contributed by atoms with Crippen molar-refractivity contribution in [3.8, 4) is 5.75 Å². The summed E-state index contributed by atoms with van der Waals surface area (Å²) in [7, 11) is 0. The maximum atomic E-state index is 13.6. The normalized spacial score (nSPS) is 12.4. The zero-order valence-electron chi connectivity index (χ0n) is 21.0. The number of benzene rings is 3. The SMILES string of the molecule is CC[C@@H](C)NC(=O)[C@H](Cc1ccccc1)N(Cc1ccc(Cl)cc1)C(=O)CCCOc1ccccc1. The summed E-state index contributed by atoms with van der Waals surface area (Å²) >= 11 is 6.08. The van der Waals surface area contributed by atoms with Crippen molar-refractivity contribution in [2.45, 2.75) is 58.2 Å². The average Bonchev–Trinajstić information content (AvgIpc) is 2.90. The lowest BCUT2D eigenvalue weighted by atomic mass is 10.0. The lowest BCUT2D eigenvalue weighted by Crippen LogP contribution is -2.52. The first kappa shape index (κ1) is 27.3. The molecular formula is C30H35ClN2O3. The summed E-state index contributed by atoms with van der Waals surface area (Å²) in [6.07, 6.45) is 2.08. The van der Waals surface area contributed by atoms with Crippen LogP contribution in [0.5, 0.6) is 5.75 Å². The van der Waals surface area contributed by atoms with Crippen molar-refractivity contribution in [3.63, 3.8) is 0 Å². The molecule has 36 heavy (non-hydrogen) atoms. The van der Waals surface area contributed by atoms with Crippen LogP contribution in [0.3, 0.4) is 0 Å². The van der Waals surface area contributed by atoms with Crippen LogP contribution in [0, 0.1) is 0 Å². The third kappa shape index (κ3) is 8.72. The van der Waals surface area contributed by atoms with Crippen molar-refractivity contribution >= 4 is 23.4 Å². The standard InChI is InChI=1S/C30H35ClN2O3/c1-3-23(2)32-30(35)28(21-24-11-6-4-7-12-24)33(22-25-16-18-26(31)19-17-25)29(34)15-10-20-36-27-13-8-5-9-14-27/h4-9,11-14,16-19,23,28H,3,10,15,20-22H2,1-2H3,(H,32,35)/t23-,28+/m1/s1. The van der Waals surface area contributed by atoms with Gasteiger partial charge in [0.15, 0.2) is 0 Å². The lowest BCUT2D eigenvalue weighted by Gasteiger charge is -2.32. The molecule has 0 aromatic heterocycles. The third-order valence-electron chi connectivity index (χ3n) is 6.09. The Morgan fingerprint density at radius 2 is 1.56 bits per heavy atom. The second-order valence-electron chi connectivity index (χ2n) is 8.94. The Labute approximate surface area is 219 Å². The van der Waals surface area contributed by atoms with Crippen LogP contribution < -0.4 is 10.1 Å². The van der Waals surface area contributed by atoms with Gasteiger partial charge < -0.3 is 15.0 Å². The minimum atomic E-state index is -0.639. The zero-order valence-corrected chi connectivity index (χ0v) is 21.8. The Morgan fingerprint density at radius 1 is 0.917 bits per heavy atom. The summed E-state index contributed by atoms with van der Waals surface area (Å²) in [5, 5.41) is 3.72. The molecule has 3 aromatic carbocycles. The van der Waals surface area contributed by atoms with E-state index in [0.717, 1.165) is 23.3 Å². The van der Waals surface area contributed by atoms with Crippen molar-refractivity contribution in [2.24, 2.45) is 0 Å². The van der Waals surface area contributed by atoms with Gasteiger partial charge in [-0.05, 0) is 55.2 Å². The number of rotatable bonds is 13. The number of hydrogen-bond donors (Lipinski definition) is 1. The maximum absolute atomic E-state index is 13.6. The van der Waals surface area contributed by atoms with Crippen molar-refractivity contribution in [1.29, 1.82) is 0 Å². The molecule has 0 saturated carbocycles. The minimum absolute atomic E-state index is 0.0162. The number of amides is 2. The fourth-order valence-corrected chi connectivity index (χ4v) is 3.98. The van der Waals surface area contributed by atoms with Crippen LogP contribution in [0.25, 0.3) is 0 Å². The van der Waals surface area contributed by atoms with E-state index < -0.39 is 6.04 Å². The molecule has 0 unspecified atom stereocenters. The molecule has 2 amide bonds. The molecule has 0 spiro atoms. The number of carbonyl (C=O) groups is 2. The van der Waals surface area contributed by atoms with Crippen LogP contribution in [0.4, 0.5) is 0 Å². The maximum Gasteiger partial charge on any atom is 0.243 e. The van der Waals surface area contributed by atoms with Gasteiger partial charge in [-0.3, -0.25) is 9.59 Å². The molecule has 2 atom stereocenters. The van der Waals surface area contributed by atoms with Gasteiger partial charge in [-0.2, -0.15) is 0 Å². The van der Waals surface area contributed by atoms with E-state index >= 15 is 0 Å². The van der Waals surface area contributed by atoms with E-state index in [2.05, 4.69) is 5.32 Å². The smallest absolute Gasteiger partial charge is 0.243 e. The van der Waals surface area contributed by atoms with E-state index in [9.17, 15) is 9.59 Å². The van der Waals surface area contributed by atoms with E-state index in [1.54, 1.807) is 17.0 Å². The molecule has 5 nitrogen and oxygen atoms in total. The van der Waals surface area contributed by atoms with Crippen LogP contribution in [0.1, 0.15) is 44.2 Å². The summed E-state index contributed by atoms with van der Waals surface area (Å²) in [5.41, 5.74) is 1.92. The van der Waals surface area contributed by atoms with E-state index in [0.29, 0.717) is 31.0 Å². The van der Waals surface area contributed by atoms with Crippen LogP contribution >= 0.6 is 11.6 Å². The van der Waals surface area contributed by atoms with Crippen molar-refractivity contribution < 1.29 is 14.3 Å². The second-order valence-corrected chi connectivity index (χ2v) is 9.37. The number of ether oxygens (including phenoxy) is 1. The number of hydrogen-bond acceptors (Lipinski definition) is 3. The van der Waals surface area contributed by atoms with Gasteiger partial charge in [0, 0.05) is 30.5 Å². The van der Waals surface area contributed by atoms with Crippen LogP contribution in [0.15, 0.2) is 84.9 Å². The van der Waals surface area contributed by atoms with Gasteiger partial charge in [-0.1, -0.05) is 79.2 Å². The van der Waals surface area contributed by atoms with E-state index in [4.69, 9.17) is 16.3 Å². The van der Waals surface area contributed by atoms with Gasteiger partial charge in [-0.25, -0.2) is 0 Å². The highest BCUT2D eigenvalue weighted by Crippen LogP contribution is 2.18. The Balaban J connectivity index is 1.80. The molecular weight excluding hydrogens is 472 g/mol. The van der Waals surface area contributed by atoms with E-state index in [-0.39, 0.29) is 24.3 Å². The van der Waals surface area contributed by atoms with Crippen LogP contribution in [-0.4, -0.2) is 35.4 Å². The highest BCUT2D eigenvalue weighted by Gasteiger charge is 2.30. The summed E-state index contributed by atoms with van der Waals surface area (Å²) in [5.74, 6) is 0.552. The first-order valence-corrected chi connectivity index (χ1v) is 12.9. The number of carbonyl (C=O) groups excluding carboxylic acids is 2. The Bertz CT molecular complexity index is 1070.